The third-order valence-electron chi connectivity index (χ3n) is 4.15. The maximum Gasteiger partial charge on any atom is 0.410 e. The van der Waals surface area contributed by atoms with Crippen LogP contribution < -0.4 is 0 Å². The molecule has 1 atom stereocenters. The summed E-state index contributed by atoms with van der Waals surface area (Å²) in [5.74, 6) is -0.618. The lowest BCUT2D eigenvalue weighted by atomic mass is 10.1. The summed E-state index contributed by atoms with van der Waals surface area (Å²) in [4.78, 5) is 39.1. The number of hydrogen-bond acceptors (Lipinski definition) is 4. The topological polar surface area (TPSA) is 66.9 Å². The molecule has 6 nitrogen and oxygen atoms in total. The standard InChI is InChI=1S/C15H14N2O4/c18-13-11-3-1-2-4-12(11)14(19)17(13)8-10-7-16(9-5-6-9)15(20)21-10/h1-4,9-10H,5-8H2/t10-/m0/s1. The summed E-state index contributed by atoms with van der Waals surface area (Å²) in [5, 5.41) is 0. The molecule has 6 heteroatoms. The van der Waals surface area contributed by atoms with E-state index in [4.69, 9.17) is 4.74 Å². The summed E-state index contributed by atoms with van der Waals surface area (Å²) in [6.07, 6.45) is 1.25. The number of imide groups is 1. The quantitative estimate of drug-likeness (QED) is 0.785. The Kier molecular flexibility index (Phi) is 2.54. The van der Waals surface area contributed by atoms with E-state index in [9.17, 15) is 14.4 Å². The Hall–Kier alpha value is -2.37. The largest absolute Gasteiger partial charge is 0.442 e. The van der Waals surface area contributed by atoms with Crippen molar-refractivity contribution in [2.75, 3.05) is 13.1 Å². The van der Waals surface area contributed by atoms with Gasteiger partial charge in [-0.25, -0.2) is 4.79 Å². The molecule has 0 unspecified atom stereocenters. The Labute approximate surface area is 121 Å². The molecule has 1 aromatic rings. The molecule has 1 saturated carbocycles. The van der Waals surface area contributed by atoms with Crippen LogP contribution in [0.4, 0.5) is 4.79 Å². The molecule has 1 saturated heterocycles. The second-order valence-electron chi connectivity index (χ2n) is 5.66. The molecule has 0 radical (unpaired) electrons. The summed E-state index contributed by atoms with van der Waals surface area (Å²) >= 11 is 0. The van der Waals surface area contributed by atoms with Gasteiger partial charge in [-0.3, -0.25) is 14.5 Å². The van der Waals surface area contributed by atoms with Crippen molar-refractivity contribution < 1.29 is 19.1 Å². The van der Waals surface area contributed by atoms with E-state index in [1.54, 1.807) is 29.2 Å². The molecule has 2 fully saturated rings. The van der Waals surface area contributed by atoms with Gasteiger partial charge in [-0.05, 0) is 25.0 Å². The maximum absolute atomic E-state index is 12.3. The molecule has 1 aromatic carbocycles. The van der Waals surface area contributed by atoms with E-state index in [1.165, 1.54) is 4.90 Å². The number of carbonyl (C=O) groups is 3. The smallest absolute Gasteiger partial charge is 0.410 e. The molecule has 0 bridgehead atoms. The average Bonchev–Trinajstić information content (AvgIpc) is 3.22. The predicted molar refractivity (Wildman–Crippen MR) is 71.8 cm³/mol. The number of nitrogens with zero attached hydrogens (tertiary/aromatic N) is 2. The molecule has 4 rings (SSSR count). The van der Waals surface area contributed by atoms with Crippen molar-refractivity contribution in [3.8, 4) is 0 Å². The average molecular weight is 286 g/mol. The van der Waals surface area contributed by atoms with Crippen LogP contribution in [0.25, 0.3) is 0 Å². The van der Waals surface area contributed by atoms with Gasteiger partial charge in [-0.1, -0.05) is 12.1 Å². The Balaban J connectivity index is 1.50. The van der Waals surface area contributed by atoms with E-state index in [0.29, 0.717) is 17.7 Å². The summed E-state index contributed by atoms with van der Waals surface area (Å²) in [6, 6.07) is 7.04. The number of rotatable bonds is 3. The highest BCUT2D eigenvalue weighted by Gasteiger charge is 2.44. The number of fused-ring (bicyclic) bond motifs is 1. The summed E-state index contributed by atoms with van der Waals surface area (Å²) in [6.45, 7) is 0.582. The van der Waals surface area contributed by atoms with Crippen LogP contribution in [0.5, 0.6) is 0 Å². The van der Waals surface area contributed by atoms with Gasteiger partial charge in [0.05, 0.1) is 24.2 Å². The number of amides is 3. The first-order valence-corrected chi connectivity index (χ1v) is 7.07. The van der Waals surface area contributed by atoms with Crippen LogP contribution in [-0.4, -0.2) is 52.9 Å². The Bertz CT molecular complexity index is 618. The number of benzene rings is 1. The molecule has 2 aliphatic heterocycles. The van der Waals surface area contributed by atoms with Gasteiger partial charge in [0.15, 0.2) is 0 Å². The van der Waals surface area contributed by atoms with Crippen LogP contribution in [0, 0.1) is 0 Å². The lowest BCUT2D eigenvalue weighted by Crippen LogP contribution is -2.38. The number of cyclic esters (lactones) is 1. The zero-order valence-corrected chi connectivity index (χ0v) is 11.3. The fraction of sp³-hybridized carbons (Fsp3) is 0.400. The third kappa shape index (κ3) is 1.90. The highest BCUT2D eigenvalue weighted by atomic mass is 16.6. The Morgan fingerprint density at radius 2 is 1.67 bits per heavy atom. The van der Waals surface area contributed by atoms with Gasteiger partial charge in [-0.2, -0.15) is 0 Å². The highest BCUT2D eigenvalue weighted by molar-refractivity contribution is 6.21. The monoisotopic (exact) mass is 286 g/mol. The first-order valence-electron chi connectivity index (χ1n) is 7.07. The van der Waals surface area contributed by atoms with Crippen molar-refractivity contribution in [2.24, 2.45) is 0 Å². The predicted octanol–water partition coefficient (Wildman–Crippen LogP) is 1.27. The third-order valence-corrected chi connectivity index (χ3v) is 4.15. The maximum atomic E-state index is 12.3. The van der Waals surface area contributed by atoms with Crippen LogP contribution in [0.1, 0.15) is 33.6 Å². The van der Waals surface area contributed by atoms with Gasteiger partial charge < -0.3 is 9.64 Å². The minimum absolute atomic E-state index is 0.126. The Morgan fingerprint density at radius 3 is 2.24 bits per heavy atom. The van der Waals surface area contributed by atoms with Crippen LogP contribution in [-0.2, 0) is 4.74 Å². The van der Waals surface area contributed by atoms with Crippen LogP contribution in [0.3, 0.4) is 0 Å². The molecule has 1 aliphatic carbocycles. The van der Waals surface area contributed by atoms with Crippen molar-refractivity contribution in [1.82, 2.24) is 9.80 Å². The van der Waals surface area contributed by atoms with Crippen molar-refractivity contribution in [1.29, 1.82) is 0 Å². The van der Waals surface area contributed by atoms with Crippen molar-refractivity contribution in [2.45, 2.75) is 25.0 Å². The van der Waals surface area contributed by atoms with Gasteiger partial charge in [0.25, 0.3) is 11.8 Å². The first-order chi connectivity index (χ1) is 10.1. The van der Waals surface area contributed by atoms with Crippen LogP contribution in [0.2, 0.25) is 0 Å². The van der Waals surface area contributed by atoms with Gasteiger partial charge in [0.2, 0.25) is 0 Å². The van der Waals surface area contributed by atoms with Gasteiger partial charge >= 0.3 is 6.09 Å². The Morgan fingerprint density at radius 1 is 1.05 bits per heavy atom. The van der Waals surface area contributed by atoms with Gasteiger partial charge in [0.1, 0.15) is 6.10 Å². The number of hydrogen-bond donors (Lipinski definition) is 0. The molecule has 21 heavy (non-hydrogen) atoms. The van der Waals surface area contributed by atoms with Crippen molar-refractivity contribution in [3.63, 3.8) is 0 Å². The second-order valence-corrected chi connectivity index (χ2v) is 5.66. The number of carbonyl (C=O) groups excluding carboxylic acids is 3. The zero-order chi connectivity index (χ0) is 14.6. The van der Waals surface area contributed by atoms with Crippen molar-refractivity contribution in [3.05, 3.63) is 35.4 Å². The minimum atomic E-state index is -0.430. The zero-order valence-electron chi connectivity index (χ0n) is 11.3. The lowest BCUT2D eigenvalue weighted by molar-refractivity contribution is 0.0558. The molecule has 108 valence electrons. The molecule has 0 N–H and O–H groups in total. The molecule has 0 spiro atoms. The van der Waals surface area contributed by atoms with E-state index in [1.807, 2.05) is 0 Å². The van der Waals surface area contributed by atoms with Crippen LogP contribution in [0.15, 0.2) is 24.3 Å². The van der Waals surface area contributed by atoms with E-state index in [-0.39, 0.29) is 30.5 Å². The van der Waals surface area contributed by atoms with Crippen LogP contribution >= 0.6 is 0 Å². The molecule has 0 aromatic heterocycles. The molecular weight excluding hydrogens is 272 g/mol. The van der Waals surface area contributed by atoms with Gasteiger partial charge in [-0.15, -0.1) is 0 Å². The highest BCUT2D eigenvalue weighted by Crippen LogP contribution is 2.31. The minimum Gasteiger partial charge on any atom is -0.442 e. The van der Waals surface area contributed by atoms with E-state index in [2.05, 4.69) is 0 Å². The van der Waals surface area contributed by atoms with E-state index in [0.717, 1.165) is 12.8 Å². The summed E-state index contributed by atoms with van der Waals surface area (Å²) in [7, 11) is 0. The molecule has 2 heterocycles. The van der Waals surface area contributed by atoms with E-state index >= 15 is 0 Å². The summed E-state index contributed by atoms with van der Waals surface area (Å²) < 4.78 is 5.27. The normalized spacial score (nSPS) is 24.6. The van der Waals surface area contributed by atoms with Crippen molar-refractivity contribution >= 4 is 17.9 Å². The SMILES string of the molecule is O=C1c2ccccc2C(=O)N1C[C@@H]1CN(C2CC2)C(=O)O1. The molecule has 3 amide bonds. The summed E-state index contributed by atoms with van der Waals surface area (Å²) in [5.41, 5.74) is 0.844. The first kappa shape index (κ1) is 12.4. The number of ether oxygens (including phenoxy) is 1. The lowest BCUT2D eigenvalue weighted by Gasteiger charge is -2.17. The molecular formula is C15H14N2O4. The van der Waals surface area contributed by atoms with Gasteiger partial charge in [0, 0.05) is 6.04 Å². The fourth-order valence-electron chi connectivity index (χ4n) is 2.93. The second kappa shape index (κ2) is 4.31. The molecule has 3 aliphatic rings. The van der Waals surface area contributed by atoms with E-state index < -0.39 is 6.10 Å². The fourth-order valence-corrected chi connectivity index (χ4v) is 2.93.